The van der Waals surface area contributed by atoms with Gasteiger partial charge in [-0.25, -0.2) is 14.8 Å². The maximum absolute atomic E-state index is 12.6. The Balaban J connectivity index is 2.02. The Kier molecular flexibility index (Phi) is 6.49. The zero-order valence-electron chi connectivity index (χ0n) is 13.8. The van der Waals surface area contributed by atoms with Crippen molar-refractivity contribution in [3.05, 3.63) is 32.2 Å². The molecule has 126 valence electrons. The molecule has 0 bridgehead atoms. The van der Waals surface area contributed by atoms with Crippen LogP contribution in [0.3, 0.4) is 0 Å². The van der Waals surface area contributed by atoms with Gasteiger partial charge in [0, 0.05) is 30.1 Å². The van der Waals surface area contributed by atoms with Crippen LogP contribution in [0.2, 0.25) is 0 Å². The fraction of sp³-hybridized carbons (Fsp3) is 0.533. The first-order chi connectivity index (χ1) is 11.0. The van der Waals surface area contributed by atoms with Crippen molar-refractivity contribution < 1.29 is 9.53 Å². The van der Waals surface area contributed by atoms with Gasteiger partial charge < -0.3 is 15.0 Å². The molecule has 23 heavy (non-hydrogen) atoms. The maximum atomic E-state index is 12.6. The lowest BCUT2D eigenvalue weighted by molar-refractivity contribution is 0.145. The van der Waals surface area contributed by atoms with Gasteiger partial charge in [0.1, 0.15) is 5.01 Å². The van der Waals surface area contributed by atoms with Gasteiger partial charge >= 0.3 is 6.03 Å². The van der Waals surface area contributed by atoms with Crippen molar-refractivity contribution >= 4 is 28.7 Å². The first-order valence-electron chi connectivity index (χ1n) is 7.38. The number of carbonyl (C=O) groups is 1. The number of aryl methyl sites for hydroxylation is 2. The molecule has 0 fully saturated rings. The van der Waals surface area contributed by atoms with E-state index < -0.39 is 0 Å². The van der Waals surface area contributed by atoms with E-state index in [4.69, 9.17) is 4.74 Å². The second-order valence-electron chi connectivity index (χ2n) is 5.19. The van der Waals surface area contributed by atoms with Crippen molar-refractivity contribution in [1.29, 1.82) is 0 Å². The maximum Gasteiger partial charge on any atom is 0.318 e. The first-order valence-corrected chi connectivity index (χ1v) is 9.07. The molecule has 0 aliphatic rings. The normalized spacial score (nSPS) is 12.2. The zero-order valence-corrected chi connectivity index (χ0v) is 15.5. The molecule has 2 aromatic rings. The summed E-state index contributed by atoms with van der Waals surface area (Å²) in [5, 5.41) is 6.85. The number of nitrogens with one attached hydrogen (secondary N) is 1. The molecule has 2 aromatic heterocycles. The Hall–Kier alpha value is -1.51. The van der Waals surface area contributed by atoms with Crippen LogP contribution in [0.1, 0.15) is 33.6 Å². The van der Waals surface area contributed by atoms with Crippen LogP contribution < -0.4 is 5.32 Å². The molecule has 0 spiro atoms. The molecule has 6 nitrogen and oxygen atoms in total. The lowest BCUT2D eigenvalue weighted by atomic mass is 10.2. The van der Waals surface area contributed by atoms with Crippen LogP contribution in [0.4, 0.5) is 4.79 Å². The summed E-state index contributed by atoms with van der Waals surface area (Å²) in [6.45, 7) is 7.45. The van der Waals surface area contributed by atoms with E-state index in [9.17, 15) is 4.79 Å². The molecular weight excluding hydrogens is 332 g/mol. The molecule has 0 aliphatic carbocycles. The monoisotopic (exact) mass is 354 g/mol. The summed E-state index contributed by atoms with van der Waals surface area (Å²) in [5.41, 5.74) is 0.932. The summed E-state index contributed by atoms with van der Waals surface area (Å²) >= 11 is 3.19. The van der Waals surface area contributed by atoms with E-state index in [0.717, 1.165) is 20.6 Å². The van der Waals surface area contributed by atoms with E-state index in [1.54, 1.807) is 29.5 Å². The number of amides is 2. The van der Waals surface area contributed by atoms with E-state index in [-0.39, 0.29) is 12.1 Å². The van der Waals surface area contributed by atoms with Gasteiger partial charge in [-0.3, -0.25) is 0 Å². The standard InChI is InChI=1S/C15H22N4O2S2/c1-10(14-11(2)23-12(3)18-14)17-15(20)19(6-7-21-4)9-13-16-5-8-22-13/h5,8,10H,6-7,9H2,1-4H3,(H,17,20). The Morgan fingerprint density at radius 3 is 2.83 bits per heavy atom. The molecular formula is C15H22N4O2S2. The van der Waals surface area contributed by atoms with E-state index >= 15 is 0 Å². The molecule has 0 aliphatic heterocycles. The Morgan fingerprint density at radius 2 is 2.26 bits per heavy atom. The third-order valence-electron chi connectivity index (χ3n) is 3.35. The average Bonchev–Trinajstić information content (AvgIpc) is 3.12. The molecule has 2 rings (SSSR count). The molecule has 0 radical (unpaired) electrons. The number of nitrogens with zero attached hydrogens (tertiary/aromatic N) is 3. The minimum atomic E-state index is -0.131. The average molecular weight is 355 g/mol. The van der Waals surface area contributed by atoms with Gasteiger partial charge in [-0.05, 0) is 20.8 Å². The number of thiazole rings is 2. The van der Waals surface area contributed by atoms with Crippen LogP contribution in [-0.4, -0.2) is 41.2 Å². The van der Waals surface area contributed by atoms with Crippen molar-refractivity contribution in [2.75, 3.05) is 20.3 Å². The minimum Gasteiger partial charge on any atom is -0.383 e. The predicted molar refractivity (Wildman–Crippen MR) is 92.9 cm³/mol. The highest BCUT2D eigenvalue weighted by molar-refractivity contribution is 7.11. The lowest BCUT2D eigenvalue weighted by Gasteiger charge is -2.24. The van der Waals surface area contributed by atoms with Crippen LogP contribution in [0, 0.1) is 13.8 Å². The van der Waals surface area contributed by atoms with E-state index in [2.05, 4.69) is 15.3 Å². The fourth-order valence-corrected chi connectivity index (χ4v) is 3.78. The van der Waals surface area contributed by atoms with Crippen molar-refractivity contribution in [2.24, 2.45) is 0 Å². The molecule has 0 saturated carbocycles. The molecule has 1 unspecified atom stereocenters. The van der Waals surface area contributed by atoms with Gasteiger partial charge in [0.15, 0.2) is 0 Å². The van der Waals surface area contributed by atoms with Gasteiger partial charge in [-0.15, -0.1) is 22.7 Å². The molecule has 2 heterocycles. The summed E-state index contributed by atoms with van der Waals surface area (Å²) in [6.07, 6.45) is 1.75. The Labute approximate surface area is 144 Å². The van der Waals surface area contributed by atoms with Crippen LogP contribution in [-0.2, 0) is 11.3 Å². The quantitative estimate of drug-likeness (QED) is 0.829. The zero-order chi connectivity index (χ0) is 16.8. The molecule has 1 atom stereocenters. The number of carbonyl (C=O) groups excluding carboxylic acids is 1. The lowest BCUT2D eigenvalue weighted by Crippen LogP contribution is -2.42. The summed E-state index contributed by atoms with van der Waals surface area (Å²) in [5.74, 6) is 0. The molecule has 8 heteroatoms. The van der Waals surface area contributed by atoms with Crippen molar-refractivity contribution in [3.8, 4) is 0 Å². The van der Waals surface area contributed by atoms with Crippen LogP contribution in [0.15, 0.2) is 11.6 Å². The van der Waals surface area contributed by atoms with Gasteiger partial charge in [-0.2, -0.15) is 0 Å². The Bertz CT molecular complexity index is 627. The van der Waals surface area contributed by atoms with Gasteiger partial charge in [0.25, 0.3) is 0 Å². The predicted octanol–water partition coefficient (Wildman–Crippen LogP) is 3.14. The molecule has 1 N–H and O–H groups in total. The highest BCUT2D eigenvalue weighted by atomic mass is 32.1. The highest BCUT2D eigenvalue weighted by Gasteiger charge is 2.20. The van der Waals surface area contributed by atoms with E-state index in [0.29, 0.717) is 19.7 Å². The van der Waals surface area contributed by atoms with Crippen LogP contribution >= 0.6 is 22.7 Å². The number of rotatable bonds is 7. The molecule has 0 aromatic carbocycles. The third kappa shape index (κ3) is 4.98. The first kappa shape index (κ1) is 17.8. The van der Waals surface area contributed by atoms with Gasteiger partial charge in [0.05, 0.1) is 29.9 Å². The fourth-order valence-electron chi connectivity index (χ4n) is 2.24. The van der Waals surface area contributed by atoms with Crippen molar-refractivity contribution in [3.63, 3.8) is 0 Å². The second kappa shape index (κ2) is 8.37. The topological polar surface area (TPSA) is 67.3 Å². The number of methoxy groups -OCH3 is 1. The third-order valence-corrected chi connectivity index (χ3v) is 5.02. The largest absolute Gasteiger partial charge is 0.383 e. The smallest absolute Gasteiger partial charge is 0.318 e. The summed E-state index contributed by atoms with van der Waals surface area (Å²) in [6, 6.07) is -0.261. The SMILES string of the molecule is COCCN(Cc1nccs1)C(=O)NC(C)c1nc(C)sc1C. The minimum absolute atomic E-state index is 0.130. The second-order valence-corrected chi connectivity index (χ2v) is 7.57. The van der Waals surface area contributed by atoms with E-state index in [1.165, 1.54) is 11.3 Å². The Morgan fingerprint density at radius 1 is 1.48 bits per heavy atom. The number of hydrogen-bond acceptors (Lipinski definition) is 6. The highest BCUT2D eigenvalue weighted by Crippen LogP contribution is 2.22. The number of urea groups is 1. The number of ether oxygens (including phenoxy) is 1. The van der Waals surface area contributed by atoms with Crippen LogP contribution in [0.5, 0.6) is 0 Å². The van der Waals surface area contributed by atoms with Crippen LogP contribution in [0.25, 0.3) is 0 Å². The summed E-state index contributed by atoms with van der Waals surface area (Å²) in [7, 11) is 1.63. The number of hydrogen-bond donors (Lipinski definition) is 1. The van der Waals surface area contributed by atoms with Crippen molar-refractivity contribution in [1.82, 2.24) is 20.2 Å². The van der Waals surface area contributed by atoms with E-state index in [1.807, 2.05) is 26.2 Å². The summed E-state index contributed by atoms with van der Waals surface area (Å²) in [4.78, 5) is 24.2. The number of aromatic nitrogens is 2. The molecule has 0 saturated heterocycles. The van der Waals surface area contributed by atoms with Crippen molar-refractivity contribution in [2.45, 2.75) is 33.4 Å². The summed E-state index contributed by atoms with van der Waals surface area (Å²) < 4.78 is 5.10. The van der Waals surface area contributed by atoms with Gasteiger partial charge in [-0.1, -0.05) is 0 Å². The molecule has 2 amide bonds. The van der Waals surface area contributed by atoms with Gasteiger partial charge in [0.2, 0.25) is 0 Å².